The van der Waals surface area contributed by atoms with Crippen LogP contribution in [0.5, 0.6) is 5.75 Å². The third kappa shape index (κ3) is 6.34. The van der Waals surface area contributed by atoms with Gasteiger partial charge in [0, 0.05) is 25.9 Å². The summed E-state index contributed by atoms with van der Waals surface area (Å²) in [7, 11) is 0.355. The first-order chi connectivity index (χ1) is 10.5. The molecule has 1 aromatic carbocycles. The van der Waals surface area contributed by atoms with Crippen molar-refractivity contribution in [1.82, 2.24) is 10.6 Å². The van der Waals surface area contributed by atoms with E-state index in [0.717, 1.165) is 17.7 Å². The monoisotopic (exact) mass is 327 g/mol. The van der Waals surface area contributed by atoms with Gasteiger partial charge in [0.2, 0.25) is 0 Å². The normalized spacial score (nSPS) is 12.0. The molecular weight excluding hydrogens is 302 g/mol. The highest BCUT2D eigenvalue weighted by Gasteiger charge is 2.07. The molecule has 1 aromatic rings. The van der Waals surface area contributed by atoms with Crippen molar-refractivity contribution < 1.29 is 13.2 Å². The fourth-order valence-electron chi connectivity index (χ4n) is 1.91. The lowest BCUT2D eigenvalue weighted by Gasteiger charge is -2.13. The largest absolute Gasteiger partial charge is 0.496 e. The molecule has 6 nitrogen and oxygen atoms in total. The first-order valence-electron chi connectivity index (χ1n) is 7.29. The quantitative estimate of drug-likeness (QED) is 0.546. The number of ether oxygens (including phenoxy) is 1. The van der Waals surface area contributed by atoms with Crippen molar-refractivity contribution in [3.05, 3.63) is 29.8 Å². The minimum Gasteiger partial charge on any atom is -0.496 e. The lowest BCUT2D eigenvalue weighted by molar-refractivity contribution is 0.409. The van der Waals surface area contributed by atoms with E-state index in [0.29, 0.717) is 19.0 Å². The number of para-hydroxylation sites is 1. The third-order valence-corrected chi connectivity index (χ3v) is 4.95. The van der Waals surface area contributed by atoms with E-state index in [4.69, 9.17) is 4.74 Å². The molecule has 1 rings (SSSR count). The molecule has 0 unspecified atom stereocenters. The van der Waals surface area contributed by atoms with Gasteiger partial charge in [0.15, 0.2) is 15.8 Å². The number of nitrogens with zero attached hydrogens (tertiary/aromatic N) is 1. The molecule has 0 aliphatic heterocycles. The summed E-state index contributed by atoms with van der Waals surface area (Å²) < 4.78 is 28.2. The predicted molar refractivity (Wildman–Crippen MR) is 90.4 cm³/mol. The van der Waals surface area contributed by atoms with Gasteiger partial charge in [0.05, 0.1) is 12.9 Å². The number of nitrogens with one attached hydrogen (secondary N) is 2. The van der Waals surface area contributed by atoms with Crippen molar-refractivity contribution in [3.8, 4) is 5.75 Å². The first kappa shape index (κ1) is 18.3. The topological polar surface area (TPSA) is 79.8 Å². The van der Waals surface area contributed by atoms with E-state index in [1.807, 2.05) is 24.3 Å². The van der Waals surface area contributed by atoms with Gasteiger partial charge in [-0.3, -0.25) is 4.99 Å². The summed E-state index contributed by atoms with van der Waals surface area (Å²) in [6, 6.07) is 7.85. The average molecular weight is 327 g/mol. The van der Waals surface area contributed by atoms with Crippen LogP contribution in [0.25, 0.3) is 0 Å². The molecule has 0 aromatic heterocycles. The summed E-state index contributed by atoms with van der Waals surface area (Å²) in [6.45, 7) is 2.68. The van der Waals surface area contributed by atoms with Crippen LogP contribution in [0, 0.1) is 0 Å². The molecule has 0 amide bonds. The molecule has 22 heavy (non-hydrogen) atoms. The van der Waals surface area contributed by atoms with E-state index in [9.17, 15) is 8.42 Å². The van der Waals surface area contributed by atoms with Crippen molar-refractivity contribution >= 4 is 15.8 Å². The number of hydrogen-bond donors (Lipinski definition) is 2. The van der Waals surface area contributed by atoms with Gasteiger partial charge in [-0.25, -0.2) is 8.42 Å². The molecule has 124 valence electrons. The Morgan fingerprint density at radius 3 is 2.55 bits per heavy atom. The molecule has 0 spiro atoms. The van der Waals surface area contributed by atoms with Gasteiger partial charge in [0.25, 0.3) is 0 Å². The summed E-state index contributed by atoms with van der Waals surface area (Å²) in [6.07, 6.45) is 0.790. The van der Waals surface area contributed by atoms with Crippen LogP contribution in [0.4, 0.5) is 0 Å². The average Bonchev–Trinajstić information content (AvgIpc) is 2.53. The van der Waals surface area contributed by atoms with Gasteiger partial charge in [-0.2, -0.15) is 0 Å². The molecule has 0 bridgehead atoms. The van der Waals surface area contributed by atoms with Gasteiger partial charge in [-0.05, 0) is 18.1 Å². The second kappa shape index (κ2) is 9.30. The molecular formula is C15H25N3O3S. The second-order valence-electron chi connectivity index (χ2n) is 4.72. The zero-order chi connectivity index (χ0) is 16.4. The third-order valence-electron chi connectivity index (χ3n) is 3.25. The predicted octanol–water partition coefficient (Wildman–Crippen LogP) is 0.837. The zero-order valence-corrected chi connectivity index (χ0v) is 14.2. The maximum atomic E-state index is 11.4. The Kier molecular flexibility index (Phi) is 7.73. The van der Waals surface area contributed by atoms with Crippen molar-refractivity contribution in [2.24, 2.45) is 4.99 Å². The number of hydrogen-bond acceptors (Lipinski definition) is 4. The highest BCUT2D eigenvalue weighted by atomic mass is 32.2. The lowest BCUT2D eigenvalue weighted by atomic mass is 10.1. The van der Waals surface area contributed by atoms with Gasteiger partial charge in [-0.15, -0.1) is 0 Å². The molecule has 2 N–H and O–H groups in total. The van der Waals surface area contributed by atoms with E-state index >= 15 is 0 Å². The van der Waals surface area contributed by atoms with Crippen LogP contribution in [-0.4, -0.2) is 53.1 Å². The van der Waals surface area contributed by atoms with Crippen LogP contribution in [0.3, 0.4) is 0 Å². The summed E-state index contributed by atoms with van der Waals surface area (Å²) in [5.41, 5.74) is 1.11. The molecule has 0 saturated carbocycles. The maximum Gasteiger partial charge on any atom is 0.191 e. The van der Waals surface area contributed by atoms with E-state index in [2.05, 4.69) is 15.6 Å². The molecule has 0 aliphatic carbocycles. The Bertz CT molecular complexity index is 585. The number of rotatable bonds is 8. The van der Waals surface area contributed by atoms with Gasteiger partial charge >= 0.3 is 0 Å². The first-order valence-corrected chi connectivity index (χ1v) is 9.11. The maximum absolute atomic E-state index is 11.4. The number of methoxy groups -OCH3 is 1. The highest BCUT2D eigenvalue weighted by molar-refractivity contribution is 7.91. The molecule has 0 radical (unpaired) electrons. The zero-order valence-electron chi connectivity index (χ0n) is 13.4. The lowest BCUT2D eigenvalue weighted by Crippen LogP contribution is -2.40. The van der Waals surface area contributed by atoms with Crippen LogP contribution >= 0.6 is 0 Å². The fraction of sp³-hybridized carbons (Fsp3) is 0.533. The molecule has 7 heteroatoms. The van der Waals surface area contributed by atoms with Crippen LogP contribution in [-0.2, 0) is 16.3 Å². The van der Waals surface area contributed by atoms with E-state index in [-0.39, 0.29) is 11.5 Å². The van der Waals surface area contributed by atoms with Crippen molar-refractivity contribution in [3.63, 3.8) is 0 Å². The van der Waals surface area contributed by atoms with Crippen LogP contribution in [0.1, 0.15) is 12.5 Å². The number of benzene rings is 1. The molecule has 0 saturated heterocycles. The van der Waals surface area contributed by atoms with Crippen molar-refractivity contribution in [1.29, 1.82) is 0 Å². The Morgan fingerprint density at radius 1 is 1.23 bits per heavy atom. The second-order valence-corrected chi connectivity index (χ2v) is 7.20. The van der Waals surface area contributed by atoms with E-state index in [1.54, 1.807) is 21.1 Å². The molecule has 0 fully saturated rings. The van der Waals surface area contributed by atoms with Crippen LogP contribution in [0.15, 0.2) is 29.3 Å². The summed E-state index contributed by atoms with van der Waals surface area (Å²) in [5.74, 6) is 1.73. The summed E-state index contributed by atoms with van der Waals surface area (Å²) in [5, 5.41) is 6.17. The SMILES string of the molecule is CCS(=O)(=O)CCNC(=NC)NCCc1ccccc1OC. The van der Waals surface area contributed by atoms with Gasteiger partial charge in [-0.1, -0.05) is 25.1 Å². The van der Waals surface area contributed by atoms with Crippen LogP contribution in [0.2, 0.25) is 0 Å². The Labute approximate surface area is 132 Å². The smallest absolute Gasteiger partial charge is 0.191 e. The van der Waals surface area contributed by atoms with Crippen LogP contribution < -0.4 is 15.4 Å². The van der Waals surface area contributed by atoms with Crippen molar-refractivity contribution in [2.45, 2.75) is 13.3 Å². The van der Waals surface area contributed by atoms with Crippen molar-refractivity contribution in [2.75, 3.05) is 38.8 Å². The highest BCUT2D eigenvalue weighted by Crippen LogP contribution is 2.17. The number of sulfone groups is 1. The fourth-order valence-corrected chi connectivity index (χ4v) is 2.62. The number of aliphatic imine (C=N–C) groups is 1. The Balaban J connectivity index is 2.39. The standard InChI is InChI=1S/C15H25N3O3S/c1-4-22(19,20)12-11-18-15(16-2)17-10-9-13-7-5-6-8-14(13)21-3/h5-8H,4,9-12H2,1-3H3,(H2,16,17,18). The van der Waals surface area contributed by atoms with Gasteiger partial charge < -0.3 is 15.4 Å². The van der Waals surface area contributed by atoms with Gasteiger partial charge in [0.1, 0.15) is 5.75 Å². The Hall–Kier alpha value is -1.76. The minimum atomic E-state index is -2.96. The Morgan fingerprint density at radius 2 is 1.91 bits per heavy atom. The molecule has 0 aliphatic rings. The summed E-state index contributed by atoms with van der Waals surface area (Å²) in [4.78, 5) is 4.08. The minimum absolute atomic E-state index is 0.108. The molecule has 0 atom stereocenters. The summed E-state index contributed by atoms with van der Waals surface area (Å²) >= 11 is 0. The molecule has 0 heterocycles. The van der Waals surface area contributed by atoms with E-state index < -0.39 is 9.84 Å². The van der Waals surface area contributed by atoms with E-state index in [1.165, 1.54) is 0 Å². The number of guanidine groups is 1.